The number of carbonyl (C=O) groups excluding carboxylic acids is 1. The molecule has 0 aliphatic rings. The summed E-state index contributed by atoms with van der Waals surface area (Å²) in [6.45, 7) is 4.47. The third kappa shape index (κ3) is 2.97. The van der Waals surface area contributed by atoms with Gasteiger partial charge < -0.3 is 14.2 Å². The third-order valence-electron chi connectivity index (χ3n) is 2.10. The van der Waals surface area contributed by atoms with Gasteiger partial charge in [0.1, 0.15) is 17.8 Å². The van der Waals surface area contributed by atoms with Gasteiger partial charge in [-0.3, -0.25) is 4.79 Å². The summed E-state index contributed by atoms with van der Waals surface area (Å²) >= 11 is 0. The molecule has 0 aliphatic carbocycles. The van der Waals surface area contributed by atoms with E-state index in [9.17, 15) is 4.79 Å². The van der Waals surface area contributed by atoms with E-state index in [1.165, 1.54) is 0 Å². The number of methoxy groups -OCH3 is 1. The molecule has 0 radical (unpaired) electrons. The van der Waals surface area contributed by atoms with Crippen molar-refractivity contribution in [2.75, 3.05) is 20.5 Å². The van der Waals surface area contributed by atoms with Crippen molar-refractivity contribution in [3.05, 3.63) is 23.3 Å². The summed E-state index contributed by atoms with van der Waals surface area (Å²) in [4.78, 5) is 10.8. The molecule has 0 saturated carbocycles. The molecule has 1 rings (SSSR count). The zero-order valence-electron chi connectivity index (χ0n) is 9.78. The Morgan fingerprint density at radius 2 is 1.88 bits per heavy atom. The maximum absolute atomic E-state index is 10.8. The van der Waals surface area contributed by atoms with Crippen LogP contribution in [-0.2, 0) is 4.74 Å². The number of benzene rings is 1. The number of hydrogen-bond donors (Lipinski definition) is 0. The average Bonchev–Trinajstić information content (AvgIpc) is 2.30. The van der Waals surface area contributed by atoms with Gasteiger partial charge in [0, 0.05) is 18.2 Å². The normalized spacial score (nSPS) is 9.94. The quantitative estimate of drug-likeness (QED) is 0.549. The first-order valence-electron chi connectivity index (χ1n) is 5.07. The zero-order chi connectivity index (χ0) is 12.0. The molecule has 0 aliphatic heterocycles. The number of carbonyl (C=O) groups is 1. The van der Waals surface area contributed by atoms with Crippen LogP contribution in [0.15, 0.2) is 12.1 Å². The molecular formula is C12H16O4. The first kappa shape index (κ1) is 12.5. The Labute approximate surface area is 95.1 Å². The lowest BCUT2D eigenvalue weighted by Crippen LogP contribution is -2.03. The van der Waals surface area contributed by atoms with E-state index >= 15 is 0 Å². The lowest BCUT2D eigenvalue weighted by Gasteiger charge is -2.13. The van der Waals surface area contributed by atoms with Crippen LogP contribution in [0.2, 0.25) is 0 Å². The molecule has 0 N–H and O–H groups in total. The summed E-state index contributed by atoms with van der Waals surface area (Å²) in [7, 11) is 1.54. The molecule has 0 spiro atoms. The minimum absolute atomic E-state index is 0.148. The van der Waals surface area contributed by atoms with Gasteiger partial charge in [-0.1, -0.05) is 0 Å². The van der Waals surface area contributed by atoms with Gasteiger partial charge in [0.2, 0.25) is 0 Å². The Bertz CT molecular complexity index is 360. The van der Waals surface area contributed by atoms with E-state index in [1.807, 2.05) is 13.8 Å². The fourth-order valence-electron chi connectivity index (χ4n) is 1.33. The van der Waals surface area contributed by atoms with Gasteiger partial charge in [-0.2, -0.15) is 0 Å². The maximum atomic E-state index is 10.8. The minimum atomic E-state index is 0.148. The molecular weight excluding hydrogens is 208 g/mol. The largest absolute Gasteiger partial charge is 0.493 e. The van der Waals surface area contributed by atoms with E-state index < -0.39 is 0 Å². The topological polar surface area (TPSA) is 44.8 Å². The van der Waals surface area contributed by atoms with Crippen LogP contribution < -0.4 is 9.47 Å². The molecule has 0 heterocycles. The molecule has 0 saturated heterocycles. The highest BCUT2D eigenvalue weighted by molar-refractivity contribution is 5.77. The van der Waals surface area contributed by atoms with E-state index in [1.54, 1.807) is 19.2 Å². The second-order valence-corrected chi connectivity index (χ2v) is 3.24. The predicted molar refractivity (Wildman–Crippen MR) is 60.2 cm³/mol. The fourth-order valence-corrected chi connectivity index (χ4v) is 1.33. The first-order valence-corrected chi connectivity index (χ1v) is 5.07. The molecule has 4 nitrogen and oxygen atoms in total. The van der Waals surface area contributed by atoms with Crippen LogP contribution >= 0.6 is 0 Å². The van der Waals surface area contributed by atoms with Crippen LogP contribution in [0.3, 0.4) is 0 Å². The molecule has 0 amide bonds. The monoisotopic (exact) mass is 224 g/mol. The van der Waals surface area contributed by atoms with E-state index in [-0.39, 0.29) is 6.79 Å². The Hall–Kier alpha value is -1.55. The van der Waals surface area contributed by atoms with Crippen molar-refractivity contribution in [1.29, 1.82) is 0 Å². The summed E-state index contributed by atoms with van der Waals surface area (Å²) in [6.07, 6.45) is 0.765. The van der Waals surface area contributed by atoms with Crippen LogP contribution in [0, 0.1) is 6.92 Å². The highest BCUT2D eigenvalue weighted by Gasteiger charge is 2.09. The molecule has 1 aromatic rings. The van der Waals surface area contributed by atoms with Gasteiger partial charge in [0.25, 0.3) is 0 Å². The molecule has 88 valence electrons. The highest BCUT2D eigenvalue weighted by Crippen LogP contribution is 2.29. The summed E-state index contributed by atoms with van der Waals surface area (Å²) in [5.41, 5.74) is 1.39. The van der Waals surface area contributed by atoms with Crippen molar-refractivity contribution in [2.45, 2.75) is 13.8 Å². The number of rotatable bonds is 6. The first-order chi connectivity index (χ1) is 7.72. The summed E-state index contributed by atoms with van der Waals surface area (Å²) < 4.78 is 15.6. The molecule has 16 heavy (non-hydrogen) atoms. The Kier molecular flexibility index (Phi) is 4.79. The summed E-state index contributed by atoms with van der Waals surface area (Å²) in [5, 5.41) is 0. The lowest BCUT2D eigenvalue weighted by molar-refractivity contribution is 0.0503. The SMILES string of the molecule is CCOc1cc(C=O)cc(OCOC)c1C. The van der Waals surface area contributed by atoms with Crippen molar-refractivity contribution >= 4 is 6.29 Å². The van der Waals surface area contributed by atoms with Crippen molar-refractivity contribution in [3.8, 4) is 11.5 Å². The van der Waals surface area contributed by atoms with Gasteiger partial charge in [0.05, 0.1) is 6.61 Å². The lowest BCUT2D eigenvalue weighted by atomic mass is 10.1. The van der Waals surface area contributed by atoms with Crippen molar-refractivity contribution in [2.24, 2.45) is 0 Å². The average molecular weight is 224 g/mol. The summed E-state index contributed by atoms with van der Waals surface area (Å²) in [5.74, 6) is 1.27. The Morgan fingerprint density at radius 1 is 1.25 bits per heavy atom. The molecule has 1 aromatic carbocycles. The molecule has 0 aromatic heterocycles. The Morgan fingerprint density at radius 3 is 2.38 bits per heavy atom. The van der Waals surface area contributed by atoms with E-state index in [0.29, 0.717) is 23.7 Å². The number of aldehydes is 1. The van der Waals surface area contributed by atoms with E-state index in [2.05, 4.69) is 0 Å². The van der Waals surface area contributed by atoms with Crippen molar-refractivity contribution in [1.82, 2.24) is 0 Å². The van der Waals surface area contributed by atoms with Crippen LogP contribution in [0.4, 0.5) is 0 Å². The molecule has 0 unspecified atom stereocenters. The smallest absolute Gasteiger partial charge is 0.188 e. The van der Waals surface area contributed by atoms with Crippen LogP contribution in [0.25, 0.3) is 0 Å². The zero-order valence-corrected chi connectivity index (χ0v) is 9.78. The van der Waals surface area contributed by atoms with Gasteiger partial charge in [-0.05, 0) is 26.0 Å². The van der Waals surface area contributed by atoms with Gasteiger partial charge in [-0.25, -0.2) is 0 Å². The highest BCUT2D eigenvalue weighted by atomic mass is 16.7. The third-order valence-corrected chi connectivity index (χ3v) is 2.10. The Balaban J connectivity index is 3.04. The van der Waals surface area contributed by atoms with Crippen LogP contribution in [-0.4, -0.2) is 26.8 Å². The van der Waals surface area contributed by atoms with Crippen LogP contribution in [0.1, 0.15) is 22.8 Å². The molecule has 0 bridgehead atoms. The van der Waals surface area contributed by atoms with Gasteiger partial charge >= 0.3 is 0 Å². The molecule has 0 fully saturated rings. The maximum Gasteiger partial charge on any atom is 0.188 e. The second kappa shape index (κ2) is 6.12. The predicted octanol–water partition coefficient (Wildman–Crippen LogP) is 2.19. The number of hydrogen-bond acceptors (Lipinski definition) is 4. The van der Waals surface area contributed by atoms with Gasteiger partial charge in [-0.15, -0.1) is 0 Å². The molecule has 4 heteroatoms. The van der Waals surface area contributed by atoms with Gasteiger partial charge in [0.15, 0.2) is 6.79 Å². The standard InChI is InChI=1S/C12H16O4/c1-4-15-11-5-10(7-13)6-12(9(11)2)16-8-14-3/h5-7H,4,8H2,1-3H3. The minimum Gasteiger partial charge on any atom is -0.493 e. The van der Waals surface area contributed by atoms with E-state index in [4.69, 9.17) is 14.2 Å². The number of ether oxygens (including phenoxy) is 3. The van der Waals surface area contributed by atoms with Crippen LogP contribution in [0.5, 0.6) is 11.5 Å². The molecule has 0 atom stereocenters. The second-order valence-electron chi connectivity index (χ2n) is 3.24. The van der Waals surface area contributed by atoms with Crippen molar-refractivity contribution in [3.63, 3.8) is 0 Å². The fraction of sp³-hybridized carbons (Fsp3) is 0.417. The van der Waals surface area contributed by atoms with Crippen molar-refractivity contribution < 1.29 is 19.0 Å². The summed E-state index contributed by atoms with van der Waals surface area (Å²) in [6, 6.07) is 3.37. The van der Waals surface area contributed by atoms with E-state index in [0.717, 1.165) is 11.8 Å².